The predicted molar refractivity (Wildman–Crippen MR) is 78.6 cm³/mol. The summed E-state index contributed by atoms with van der Waals surface area (Å²) >= 11 is 0. The second-order valence-electron chi connectivity index (χ2n) is 4.78. The molecule has 0 spiro atoms. The lowest BCUT2D eigenvalue weighted by Crippen LogP contribution is -2.18. The Morgan fingerprint density at radius 2 is 1.95 bits per heavy atom. The molecule has 0 aliphatic carbocycles. The Kier molecular flexibility index (Phi) is 3.31. The number of hydrogen-bond acceptors (Lipinski definition) is 3. The summed E-state index contributed by atoms with van der Waals surface area (Å²) in [6.45, 7) is 0.644. The molecular formula is C16H14N2O3. The maximum absolute atomic E-state index is 12.3. The highest BCUT2D eigenvalue weighted by atomic mass is 16.5. The van der Waals surface area contributed by atoms with Gasteiger partial charge in [-0.15, -0.1) is 0 Å². The lowest BCUT2D eigenvalue weighted by molar-refractivity contribution is 0.100. The predicted octanol–water partition coefficient (Wildman–Crippen LogP) is 1.97. The zero-order valence-corrected chi connectivity index (χ0v) is 11.3. The molecule has 0 saturated carbocycles. The highest BCUT2D eigenvalue weighted by Gasteiger charge is 2.16. The van der Waals surface area contributed by atoms with Gasteiger partial charge in [0.05, 0.1) is 17.9 Å². The number of nitrogens with one attached hydrogen (secondary N) is 1. The number of ether oxygens (including phenoxy) is 1. The monoisotopic (exact) mass is 282 g/mol. The van der Waals surface area contributed by atoms with Gasteiger partial charge in [0.15, 0.2) is 0 Å². The molecule has 2 amide bonds. The van der Waals surface area contributed by atoms with E-state index in [1.54, 1.807) is 36.4 Å². The van der Waals surface area contributed by atoms with Gasteiger partial charge in [0.2, 0.25) is 0 Å². The fraction of sp³-hybridized carbons (Fsp3) is 0.125. The smallest absolute Gasteiger partial charge is 0.255 e. The largest absolute Gasteiger partial charge is 0.493 e. The first-order valence-corrected chi connectivity index (χ1v) is 6.61. The molecule has 3 rings (SSSR count). The number of hydrogen-bond donors (Lipinski definition) is 2. The van der Waals surface area contributed by atoms with Gasteiger partial charge in [0.25, 0.3) is 11.8 Å². The highest BCUT2D eigenvalue weighted by Crippen LogP contribution is 2.26. The van der Waals surface area contributed by atoms with E-state index < -0.39 is 5.91 Å². The summed E-state index contributed by atoms with van der Waals surface area (Å²) in [7, 11) is 0. The van der Waals surface area contributed by atoms with E-state index in [0.717, 1.165) is 17.7 Å². The number of para-hydroxylation sites is 1. The van der Waals surface area contributed by atoms with Crippen LogP contribution in [0.15, 0.2) is 42.5 Å². The Morgan fingerprint density at radius 1 is 1.14 bits per heavy atom. The molecule has 5 nitrogen and oxygen atoms in total. The first-order chi connectivity index (χ1) is 10.1. The van der Waals surface area contributed by atoms with Gasteiger partial charge in [-0.1, -0.05) is 12.1 Å². The molecule has 0 unspecified atom stereocenters. The average molecular weight is 282 g/mol. The first kappa shape index (κ1) is 13.2. The number of carbonyl (C=O) groups is 2. The Balaban J connectivity index is 1.85. The number of primary amides is 1. The average Bonchev–Trinajstić information content (AvgIpc) is 2.94. The number of benzene rings is 2. The van der Waals surface area contributed by atoms with Crippen LogP contribution in [0.5, 0.6) is 5.75 Å². The van der Waals surface area contributed by atoms with Gasteiger partial charge in [-0.05, 0) is 35.9 Å². The number of carbonyl (C=O) groups excluding carboxylic acids is 2. The summed E-state index contributed by atoms with van der Waals surface area (Å²) in [5.74, 6) is -0.0317. The van der Waals surface area contributed by atoms with Gasteiger partial charge in [-0.25, -0.2) is 0 Å². The molecule has 1 aliphatic rings. The van der Waals surface area contributed by atoms with E-state index in [1.165, 1.54) is 0 Å². The zero-order valence-electron chi connectivity index (χ0n) is 11.3. The number of rotatable bonds is 3. The van der Waals surface area contributed by atoms with Crippen LogP contribution < -0.4 is 15.8 Å². The molecule has 1 aliphatic heterocycles. The standard InChI is InChI=1S/C16H14N2O3/c17-15(19)12-3-1-2-4-13(12)18-16(20)11-5-6-14-10(9-11)7-8-21-14/h1-6,9H,7-8H2,(H2,17,19)(H,18,20). The van der Waals surface area contributed by atoms with Crippen LogP contribution in [0.1, 0.15) is 26.3 Å². The molecule has 0 atom stereocenters. The third-order valence-corrected chi connectivity index (χ3v) is 3.39. The van der Waals surface area contributed by atoms with Crippen LogP contribution in [0.25, 0.3) is 0 Å². The Labute approximate surface area is 121 Å². The van der Waals surface area contributed by atoms with Crippen LogP contribution in [-0.2, 0) is 6.42 Å². The van der Waals surface area contributed by atoms with Crippen LogP contribution in [-0.4, -0.2) is 18.4 Å². The minimum Gasteiger partial charge on any atom is -0.493 e. The van der Waals surface area contributed by atoms with Crippen molar-refractivity contribution in [3.8, 4) is 5.75 Å². The van der Waals surface area contributed by atoms with Crippen molar-refractivity contribution >= 4 is 17.5 Å². The number of anilines is 1. The van der Waals surface area contributed by atoms with Gasteiger partial charge < -0.3 is 15.8 Å². The summed E-state index contributed by atoms with van der Waals surface area (Å²) in [5, 5.41) is 2.72. The van der Waals surface area contributed by atoms with Crippen LogP contribution in [0.2, 0.25) is 0 Å². The van der Waals surface area contributed by atoms with Crippen LogP contribution >= 0.6 is 0 Å². The van der Waals surface area contributed by atoms with Crippen LogP contribution in [0.4, 0.5) is 5.69 Å². The molecule has 2 aromatic rings. The molecule has 3 N–H and O–H groups in total. The SMILES string of the molecule is NC(=O)c1ccccc1NC(=O)c1ccc2c(c1)CCO2. The van der Waals surface area contributed by atoms with Crippen LogP contribution in [0, 0.1) is 0 Å². The van der Waals surface area contributed by atoms with Crippen LogP contribution in [0.3, 0.4) is 0 Å². The normalized spacial score (nSPS) is 12.4. The third-order valence-electron chi connectivity index (χ3n) is 3.39. The summed E-state index contributed by atoms with van der Waals surface area (Å²) in [6.07, 6.45) is 0.800. The van der Waals surface area contributed by atoms with E-state index in [9.17, 15) is 9.59 Å². The van der Waals surface area contributed by atoms with Gasteiger partial charge in [-0.3, -0.25) is 9.59 Å². The van der Waals surface area contributed by atoms with Gasteiger partial charge in [0.1, 0.15) is 5.75 Å². The summed E-state index contributed by atoms with van der Waals surface area (Å²) in [6, 6.07) is 12.0. The minimum atomic E-state index is -0.576. The van der Waals surface area contributed by atoms with E-state index in [2.05, 4.69) is 5.32 Å². The highest BCUT2D eigenvalue weighted by molar-refractivity contribution is 6.08. The molecule has 0 bridgehead atoms. The number of nitrogens with two attached hydrogens (primary N) is 1. The Hall–Kier alpha value is -2.82. The Bertz CT molecular complexity index is 725. The molecule has 0 saturated heterocycles. The number of fused-ring (bicyclic) bond motifs is 1. The van der Waals surface area contributed by atoms with Crippen molar-refractivity contribution in [2.24, 2.45) is 5.73 Å². The molecule has 1 heterocycles. The van der Waals surface area contributed by atoms with E-state index in [-0.39, 0.29) is 11.5 Å². The maximum Gasteiger partial charge on any atom is 0.255 e. The molecule has 0 fully saturated rings. The number of amides is 2. The third kappa shape index (κ3) is 2.58. The Morgan fingerprint density at radius 3 is 2.76 bits per heavy atom. The lowest BCUT2D eigenvalue weighted by Gasteiger charge is -2.09. The summed E-state index contributed by atoms with van der Waals surface area (Å²) < 4.78 is 5.41. The zero-order chi connectivity index (χ0) is 14.8. The van der Waals surface area contributed by atoms with Crippen molar-refractivity contribution in [1.29, 1.82) is 0 Å². The lowest BCUT2D eigenvalue weighted by atomic mass is 10.1. The van der Waals surface area contributed by atoms with Crippen molar-refractivity contribution in [2.45, 2.75) is 6.42 Å². The molecule has 0 aromatic heterocycles. The fourth-order valence-electron chi connectivity index (χ4n) is 2.33. The fourth-order valence-corrected chi connectivity index (χ4v) is 2.33. The quantitative estimate of drug-likeness (QED) is 0.903. The molecule has 2 aromatic carbocycles. The van der Waals surface area contributed by atoms with Crippen molar-refractivity contribution in [3.63, 3.8) is 0 Å². The van der Waals surface area contributed by atoms with Crippen molar-refractivity contribution in [1.82, 2.24) is 0 Å². The molecule has 21 heavy (non-hydrogen) atoms. The topological polar surface area (TPSA) is 81.4 Å². The molecule has 0 radical (unpaired) electrons. The summed E-state index contributed by atoms with van der Waals surface area (Å²) in [5.41, 5.74) is 7.54. The second-order valence-corrected chi connectivity index (χ2v) is 4.78. The van der Waals surface area contributed by atoms with Gasteiger partial charge >= 0.3 is 0 Å². The maximum atomic E-state index is 12.3. The first-order valence-electron chi connectivity index (χ1n) is 6.61. The molecular weight excluding hydrogens is 268 g/mol. The minimum absolute atomic E-state index is 0.279. The van der Waals surface area contributed by atoms with Gasteiger partial charge in [-0.2, -0.15) is 0 Å². The van der Waals surface area contributed by atoms with Crippen molar-refractivity contribution < 1.29 is 14.3 Å². The van der Waals surface area contributed by atoms with E-state index in [4.69, 9.17) is 10.5 Å². The van der Waals surface area contributed by atoms with E-state index in [0.29, 0.717) is 17.9 Å². The van der Waals surface area contributed by atoms with Gasteiger partial charge in [0, 0.05) is 12.0 Å². The molecule has 5 heteroatoms. The second kappa shape index (κ2) is 5.28. The molecule has 106 valence electrons. The van der Waals surface area contributed by atoms with Crippen molar-refractivity contribution in [3.05, 3.63) is 59.2 Å². The van der Waals surface area contributed by atoms with E-state index in [1.807, 2.05) is 6.07 Å². The summed E-state index contributed by atoms with van der Waals surface area (Å²) in [4.78, 5) is 23.6. The van der Waals surface area contributed by atoms with E-state index >= 15 is 0 Å². The van der Waals surface area contributed by atoms with Crippen molar-refractivity contribution in [2.75, 3.05) is 11.9 Å².